The Morgan fingerprint density at radius 3 is 2.56 bits per heavy atom. The number of hydrogen-bond acceptors (Lipinski definition) is 7. The monoisotopic (exact) mass is 409 g/mol. The standard InChI is InChI=1S/C17H23N5O3S2/c1-6-22-13-8-7-11(27(18,23)24)9-12(13)19-16(22)26-10(2)14-20-15(21-25-14)17(3,4)5/h7-10H,6H2,1-5H3,(H2,18,23,24)/t10-/m0/s1. The molecule has 2 N–H and O–H groups in total. The number of benzene rings is 1. The van der Waals surface area contributed by atoms with Crippen LogP contribution in [0.3, 0.4) is 0 Å². The molecule has 27 heavy (non-hydrogen) atoms. The van der Waals surface area contributed by atoms with Gasteiger partial charge in [-0.15, -0.1) is 0 Å². The highest BCUT2D eigenvalue weighted by Gasteiger charge is 2.25. The Hall–Kier alpha value is -1.91. The number of aromatic nitrogens is 4. The molecule has 0 spiro atoms. The minimum Gasteiger partial charge on any atom is -0.338 e. The lowest BCUT2D eigenvalue weighted by Gasteiger charge is -2.11. The fourth-order valence-electron chi connectivity index (χ4n) is 2.57. The van der Waals surface area contributed by atoms with Crippen LogP contribution in [0, 0.1) is 0 Å². The summed E-state index contributed by atoms with van der Waals surface area (Å²) >= 11 is 1.49. The van der Waals surface area contributed by atoms with Crippen LogP contribution in [0.25, 0.3) is 11.0 Å². The molecule has 3 rings (SSSR count). The second-order valence-corrected chi connectivity index (χ2v) is 10.2. The van der Waals surface area contributed by atoms with Crippen LogP contribution in [-0.4, -0.2) is 28.1 Å². The van der Waals surface area contributed by atoms with Crippen LogP contribution < -0.4 is 5.14 Å². The van der Waals surface area contributed by atoms with Crippen LogP contribution in [0.15, 0.2) is 32.8 Å². The number of primary sulfonamides is 1. The van der Waals surface area contributed by atoms with Crippen molar-refractivity contribution in [2.75, 3.05) is 0 Å². The van der Waals surface area contributed by atoms with E-state index in [9.17, 15) is 8.42 Å². The summed E-state index contributed by atoms with van der Waals surface area (Å²) < 4.78 is 30.6. The van der Waals surface area contributed by atoms with Gasteiger partial charge in [0.25, 0.3) is 0 Å². The molecule has 0 aliphatic carbocycles. The maximum absolute atomic E-state index is 11.6. The molecule has 0 saturated carbocycles. The van der Waals surface area contributed by atoms with Crippen LogP contribution in [-0.2, 0) is 22.0 Å². The van der Waals surface area contributed by atoms with Gasteiger partial charge in [-0.05, 0) is 32.0 Å². The Balaban J connectivity index is 1.95. The summed E-state index contributed by atoms with van der Waals surface area (Å²) in [7, 11) is -3.77. The van der Waals surface area contributed by atoms with Crippen molar-refractivity contribution >= 4 is 32.8 Å². The highest BCUT2D eigenvalue weighted by Crippen LogP contribution is 2.36. The summed E-state index contributed by atoms with van der Waals surface area (Å²) in [6.07, 6.45) is 0. The van der Waals surface area contributed by atoms with Gasteiger partial charge in [-0.1, -0.05) is 37.7 Å². The smallest absolute Gasteiger partial charge is 0.239 e. The first-order valence-electron chi connectivity index (χ1n) is 8.54. The fraction of sp³-hybridized carbons (Fsp3) is 0.471. The molecule has 0 aliphatic heterocycles. The van der Waals surface area contributed by atoms with E-state index in [1.165, 1.54) is 23.9 Å². The minimum atomic E-state index is -3.77. The van der Waals surface area contributed by atoms with E-state index in [0.29, 0.717) is 23.8 Å². The van der Waals surface area contributed by atoms with Crippen molar-refractivity contribution in [1.82, 2.24) is 19.7 Å². The Labute approximate surface area is 162 Å². The predicted octanol–water partition coefficient (Wildman–Crippen LogP) is 3.24. The lowest BCUT2D eigenvalue weighted by molar-refractivity contribution is 0.364. The van der Waals surface area contributed by atoms with E-state index in [1.807, 2.05) is 39.2 Å². The topological polar surface area (TPSA) is 117 Å². The van der Waals surface area contributed by atoms with E-state index >= 15 is 0 Å². The third-order valence-electron chi connectivity index (χ3n) is 4.07. The SMILES string of the molecule is CCn1c(S[C@@H](C)c2nc(C(C)(C)C)no2)nc2cc(S(N)(=O)=O)ccc21. The van der Waals surface area contributed by atoms with Crippen molar-refractivity contribution in [2.24, 2.45) is 5.14 Å². The van der Waals surface area contributed by atoms with Crippen LogP contribution >= 0.6 is 11.8 Å². The van der Waals surface area contributed by atoms with Gasteiger partial charge in [-0.2, -0.15) is 4.98 Å². The molecular formula is C17H23N5O3S2. The van der Waals surface area contributed by atoms with Crippen LogP contribution in [0.1, 0.15) is 51.6 Å². The van der Waals surface area contributed by atoms with Crippen molar-refractivity contribution in [3.05, 3.63) is 29.9 Å². The van der Waals surface area contributed by atoms with Gasteiger partial charge in [-0.25, -0.2) is 18.5 Å². The first kappa shape index (κ1) is 19.8. The lowest BCUT2D eigenvalue weighted by Crippen LogP contribution is -2.13. The highest BCUT2D eigenvalue weighted by molar-refractivity contribution is 7.99. The zero-order chi connectivity index (χ0) is 20.0. The molecular weight excluding hydrogens is 386 g/mol. The van der Waals surface area contributed by atoms with Gasteiger partial charge in [0.2, 0.25) is 15.9 Å². The number of aryl methyl sites for hydroxylation is 1. The molecule has 0 radical (unpaired) electrons. The number of hydrogen-bond donors (Lipinski definition) is 1. The van der Waals surface area contributed by atoms with Gasteiger partial charge in [0, 0.05) is 12.0 Å². The second kappa shape index (κ2) is 6.92. The van der Waals surface area contributed by atoms with Crippen LogP contribution in [0.5, 0.6) is 0 Å². The molecule has 3 aromatic rings. The first-order chi connectivity index (χ1) is 12.5. The number of imidazole rings is 1. The molecule has 0 fully saturated rings. The van der Waals surface area contributed by atoms with E-state index in [0.717, 1.165) is 10.7 Å². The van der Waals surface area contributed by atoms with Gasteiger partial charge in [0.15, 0.2) is 11.0 Å². The third kappa shape index (κ3) is 4.02. The molecule has 2 aromatic heterocycles. The molecule has 0 aliphatic rings. The van der Waals surface area contributed by atoms with Crippen LogP contribution in [0.2, 0.25) is 0 Å². The van der Waals surface area contributed by atoms with E-state index < -0.39 is 10.0 Å². The largest absolute Gasteiger partial charge is 0.338 e. The lowest BCUT2D eigenvalue weighted by atomic mass is 9.96. The molecule has 0 bridgehead atoms. The van der Waals surface area contributed by atoms with Gasteiger partial charge >= 0.3 is 0 Å². The Bertz CT molecular complexity index is 1080. The summed E-state index contributed by atoms with van der Waals surface area (Å²) in [5, 5.41) is 9.94. The molecule has 1 atom stereocenters. The van der Waals surface area contributed by atoms with Crippen molar-refractivity contribution in [1.29, 1.82) is 0 Å². The van der Waals surface area contributed by atoms with E-state index in [2.05, 4.69) is 15.1 Å². The quantitative estimate of drug-likeness (QED) is 0.643. The van der Waals surface area contributed by atoms with Gasteiger partial charge in [0.1, 0.15) is 0 Å². The van der Waals surface area contributed by atoms with Crippen molar-refractivity contribution in [3.8, 4) is 0 Å². The van der Waals surface area contributed by atoms with E-state index in [1.54, 1.807) is 6.07 Å². The summed E-state index contributed by atoms with van der Waals surface area (Å²) in [5.41, 5.74) is 1.24. The molecule has 0 unspecified atom stereocenters. The average Bonchev–Trinajstić information content (AvgIpc) is 3.17. The molecule has 10 heteroatoms. The van der Waals surface area contributed by atoms with E-state index in [4.69, 9.17) is 9.66 Å². The number of nitrogens with zero attached hydrogens (tertiary/aromatic N) is 4. The highest BCUT2D eigenvalue weighted by atomic mass is 32.2. The number of rotatable bonds is 5. The van der Waals surface area contributed by atoms with Crippen LogP contribution in [0.4, 0.5) is 0 Å². The van der Waals surface area contributed by atoms with Crippen molar-refractivity contribution < 1.29 is 12.9 Å². The number of fused-ring (bicyclic) bond motifs is 1. The third-order valence-corrected chi connectivity index (χ3v) is 6.06. The van der Waals surface area contributed by atoms with Gasteiger partial charge in [0.05, 0.1) is 21.2 Å². The summed E-state index contributed by atoms with van der Waals surface area (Å²) in [6.45, 7) is 10.8. The van der Waals surface area contributed by atoms with Gasteiger partial charge in [-0.3, -0.25) is 0 Å². The number of sulfonamides is 1. The molecule has 0 amide bonds. The van der Waals surface area contributed by atoms with E-state index in [-0.39, 0.29) is 15.6 Å². The van der Waals surface area contributed by atoms with Crippen molar-refractivity contribution in [2.45, 2.75) is 61.9 Å². The minimum absolute atomic E-state index is 0.0482. The maximum Gasteiger partial charge on any atom is 0.239 e. The Morgan fingerprint density at radius 2 is 2.00 bits per heavy atom. The second-order valence-electron chi connectivity index (χ2n) is 7.30. The average molecular weight is 410 g/mol. The molecule has 146 valence electrons. The summed E-state index contributed by atoms with van der Waals surface area (Å²) in [6, 6.07) is 4.72. The molecule has 8 nitrogen and oxygen atoms in total. The molecule has 1 aromatic carbocycles. The first-order valence-corrected chi connectivity index (χ1v) is 11.0. The fourth-order valence-corrected chi connectivity index (χ4v) is 4.13. The Morgan fingerprint density at radius 1 is 1.30 bits per heavy atom. The van der Waals surface area contributed by atoms with Gasteiger partial charge < -0.3 is 9.09 Å². The summed E-state index contributed by atoms with van der Waals surface area (Å²) in [5.74, 6) is 1.19. The normalized spacial score (nSPS) is 14.0. The Kier molecular flexibility index (Phi) is 5.08. The number of nitrogens with two attached hydrogens (primary N) is 1. The predicted molar refractivity (Wildman–Crippen MR) is 104 cm³/mol. The summed E-state index contributed by atoms with van der Waals surface area (Å²) in [4.78, 5) is 9.14. The zero-order valence-corrected chi connectivity index (χ0v) is 17.6. The molecule has 0 saturated heterocycles. The zero-order valence-electron chi connectivity index (χ0n) is 15.9. The number of thioether (sulfide) groups is 1. The van der Waals surface area contributed by atoms with Crippen molar-refractivity contribution in [3.63, 3.8) is 0 Å². The molecule has 2 heterocycles. The maximum atomic E-state index is 11.6.